The first kappa shape index (κ1) is 23.3. The molecule has 0 aliphatic carbocycles. The second kappa shape index (κ2) is 12.6. The van der Waals surface area contributed by atoms with Crippen LogP contribution in [0.5, 0.6) is 17.2 Å². The number of phenolic OH excluding ortho intramolecular Hbond substituents is 3. The standard InChI is InChI=1S/3C7H8O.Ca.2H/c3*1-6-2-4-7(8)5-3-6;;;/h3*2-5,8H,1H3;;;. The Bertz CT molecular complexity index is 539. The monoisotopic (exact) mass is 366 g/mol. The third-order valence-electron chi connectivity index (χ3n) is 3.10. The fourth-order valence-electron chi connectivity index (χ4n) is 1.63. The molecule has 3 nitrogen and oxygen atoms in total. The molecule has 0 spiro atoms. The van der Waals surface area contributed by atoms with E-state index >= 15 is 0 Å². The van der Waals surface area contributed by atoms with E-state index in [1.165, 1.54) is 16.7 Å². The number of phenols is 3. The molecule has 3 N–H and O–H groups in total. The van der Waals surface area contributed by atoms with Crippen molar-refractivity contribution in [1.29, 1.82) is 0 Å². The molecule has 0 aromatic heterocycles. The van der Waals surface area contributed by atoms with E-state index in [1.54, 1.807) is 36.4 Å². The van der Waals surface area contributed by atoms with Crippen LogP contribution in [-0.2, 0) is 0 Å². The normalized spacial score (nSPS) is 8.76. The second-order valence-electron chi connectivity index (χ2n) is 5.51. The van der Waals surface area contributed by atoms with Crippen molar-refractivity contribution in [1.82, 2.24) is 0 Å². The van der Waals surface area contributed by atoms with Crippen LogP contribution in [0.4, 0.5) is 0 Å². The van der Waals surface area contributed by atoms with Crippen molar-refractivity contribution in [3.8, 4) is 17.2 Å². The molecule has 0 radical (unpaired) electrons. The molecule has 3 aromatic carbocycles. The van der Waals surface area contributed by atoms with Crippen molar-refractivity contribution >= 4 is 37.7 Å². The Morgan fingerprint density at radius 3 is 0.680 bits per heavy atom. The van der Waals surface area contributed by atoms with E-state index in [-0.39, 0.29) is 37.7 Å². The Balaban J connectivity index is 0.000000339. The molecule has 25 heavy (non-hydrogen) atoms. The molecule has 0 atom stereocenters. The van der Waals surface area contributed by atoms with Gasteiger partial charge in [0.05, 0.1) is 0 Å². The van der Waals surface area contributed by atoms with Crippen LogP contribution in [0.1, 0.15) is 16.7 Å². The third-order valence-corrected chi connectivity index (χ3v) is 3.10. The van der Waals surface area contributed by atoms with Gasteiger partial charge in [0.15, 0.2) is 0 Å². The molecule has 0 fully saturated rings. The van der Waals surface area contributed by atoms with Crippen molar-refractivity contribution in [2.75, 3.05) is 0 Å². The first-order chi connectivity index (χ1) is 11.4. The van der Waals surface area contributed by atoms with Crippen molar-refractivity contribution in [2.45, 2.75) is 20.8 Å². The topological polar surface area (TPSA) is 60.7 Å². The van der Waals surface area contributed by atoms with Gasteiger partial charge in [0.1, 0.15) is 17.2 Å². The summed E-state index contributed by atoms with van der Waals surface area (Å²) >= 11 is 0. The number of aryl methyl sites for hydroxylation is 3. The molecule has 0 bridgehead atoms. The van der Waals surface area contributed by atoms with Crippen LogP contribution in [0, 0.1) is 20.8 Å². The summed E-state index contributed by atoms with van der Waals surface area (Å²) in [4.78, 5) is 0. The van der Waals surface area contributed by atoms with Crippen LogP contribution in [0.2, 0.25) is 0 Å². The van der Waals surface area contributed by atoms with Gasteiger partial charge in [-0.2, -0.15) is 0 Å². The van der Waals surface area contributed by atoms with Gasteiger partial charge < -0.3 is 15.3 Å². The number of rotatable bonds is 0. The Hall–Kier alpha value is -1.68. The van der Waals surface area contributed by atoms with E-state index in [0.717, 1.165) is 0 Å². The van der Waals surface area contributed by atoms with Crippen molar-refractivity contribution in [3.05, 3.63) is 89.5 Å². The molecule has 4 heteroatoms. The number of aromatic hydroxyl groups is 3. The van der Waals surface area contributed by atoms with Gasteiger partial charge in [-0.25, -0.2) is 0 Å². The Morgan fingerprint density at radius 2 is 0.560 bits per heavy atom. The number of benzene rings is 3. The van der Waals surface area contributed by atoms with Crippen molar-refractivity contribution in [2.24, 2.45) is 0 Å². The Labute approximate surface area is 179 Å². The average molecular weight is 367 g/mol. The quantitative estimate of drug-likeness (QED) is 0.523. The zero-order valence-electron chi connectivity index (χ0n) is 14.3. The number of hydrogen-bond donors (Lipinski definition) is 3. The summed E-state index contributed by atoms with van der Waals surface area (Å²) in [5.41, 5.74) is 3.51. The second-order valence-corrected chi connectivity index (χ2v) is 5.51. The minimum absolute atomic E-state index is 0. The summed E-state index contributed by atoms with van der Waals surface area (Å²) in [6.07, 6.45) is 0. The molecule has 3 rings (SSSR count). The molecule has 0 aliphatic rings. The van der Waals surface area contributed by atoms with Gasteiger partial charge in [0, 0.05) is 0 Å². The van der Waals surface area contributed by atoms with Crippen LogP contribution >= 0.6 is 0 Å². The SMILES string of the molecule is Cc1ccc(O)cc1.Cc1ccc(O)cc1.Cc1ccc(O)cc1.[CaH2]. The Morgan fingerprint density at radius 1 is 0.400 bits per heavy atom. The van der Waals surface area contributed by atoms with Crippen LogP contribution in [0.15, 0.2) is 72.8 Å². The van der Waals surface area contributed by atoms with E-state index in [0.29, 0.717) is 17.2 Å². The summed E-state index contributed by atoms with van der Waals surface area (Å²) in [7, 11) is 0. The van der Waals surface area contributed by atoms with Crippen LogP contribution in [-0.4, -0.2) is 53.1 Å². The van der Waals surface area contributed by atoms with Gasteiger partial charge in [0.2, 0.25) is 0 Å². The number of hydrogen-bond acceptors (Lipinski definition) is 3. The Kier molecular flexibility index (Phi) is 11.8. The first-order valence-electron chi connectivity index (χ1n) is 7.63. The van der Waals surface area contributed by atoms with Gasteiger partial charge in [-0.05, 0) is 57.2 Å². The van der Waals surface area contributed by atoms with E-state index in [4.69, 9.17) is 15.3 Å². The van der Waals surface area contributed by atoms with Crippen LogP contribution in [0.3, 0.4) is 0 Å². The summed E-state index contributed by atoms with van der Waals surface area (Å²) in [5.74, 6) is 0.988. The predicted molar refractivity (Wildman–Crippen MR) is 107 cm³/mol. The maximum atomic E-state index is 8.76. The summed E-state index contributed by atoms with van der Waals surface area (Å²) in [6, 6.07) is 21.3. The first-order valence-corrected chi connectivity index (χ1v) is 7.63. The fourth-order valence-corrected chi connectivity index (χ4v) is 1.63. The van der Waals surface area contributed by atoms with Crippen molar-refractivity contribution in [3.63, 3.8) is 0 Å². The molecule has 130 valence electrons. The van der Waals surface area contributed by atoms with E-state index in [1.807, 2.05) is 57.2 Å². The molecule has 0 unspecified atom stereocenters. The minimum atomic E-state index is 0. The van der Waals surface area contributed by atoms with Gasteiger partial charge in [-0.1, -0.05) is 53.1 Å². The van der Waals surface area contributed by atoms with E-state index in [9.17, 15) is 0 Å². The van der Waals surface area contributed by atoms with Gasteiger partial charge in [-0.15, -0.1) is 0 Å². The zero-order chi connectivity index (χ0) is 17.9. The molecular formula is C21H26CaO3. The maximum absolute atomic E-state index is 8.76. The molecule has 0 aliphatic heterocycles. The van der Waals surface area contributed by atoms with Crippen molar-refractivity contribution < 1.29 is 15.3 Å². The van der Waals surface area contributed by atoms with Gasteiger partial charge >= 0.3 is 37.7 Å². The van der Waals surface area contributed by atoms with E-state index < -0.39 is 0 Å². The van der Waals surface area contributed by atoms with Gasteiger partial charge in [-0.3, -0.25) is 0 Å². The van der Waals surface area contributed by atoms with E-state index in [2.05, 4.69) is 0 Å². The summed E-state index contributed by atoms with van der Waals surface area (Å²) < 4.78 is 0. The molecule has 0 saturated heterocycles. The van der Waals surface area contributed by atoms with Crippen LogP contribution < -0.4 is 0 Å². The molecule has 0 saturated carbocycles. The third kappa shape index (κ3) is 11.5. The molecule has 0 amide bonds. The zero-order valence-corrected chi connectivity index (χ0v) is 14.3. The molecule has 0 heterocycles. The molecule has 3 aromatic rings. The summed E-state index contributed by atoms with van der Waals surface area (Å²) in [5, 5.41) is 26.3. The average Bonchev–Trinajstić information content (AvgIpc) is 2.57. The predicted octanol–water partition coefficient (Wildman–Crippen LogP) is 4.19. The summed E-state index contributed by atoms with van der Waals surface area (Å²) in [6.45, 7) is 5.96. The molecular weight excluding hydrogens is 340 g/mol. The fraction of sp³-hybridized carbons (Fsp3) is 0.143. The van der Waals surface area contributed by atoms with Crippen LogP contribution in [0.25, 0.3) is 0 Å². The van der Waals surface area contributed by atoms with Gasteiger partial charge in [0.25, 0.3) is 0 Å².